The van der Waals surface area contributed by atoms with Gasteiger partial charge >= 0.3 is 0 Å². The molecule has 2 N–H and O–H groups in total. The van der Waals surface area contributed by atoms with Gasteiger partial charge < -0.3 is 5.73 Å². The number of aromatic nitrogens is 2. The van der Waals surface area contributed by atoms with Gasteiger partial charge in [-0.25, -0.2) is 9.97 Å². The molecule has 0 saturated carbocycles. The lowest BCUT2D eigenvalue weighted by atomic mass is 10.3. The van der Waals surface area contributed by atoms with Gasteiger partial charge in [-0.15, -0.1) is 0 Å². The summed E-state index contributed by atoms with van der Waals surface area (Å²) >= 11 is 1.62. The molecule has 0 atom stereocenters. The molecule has 0 aliphatic heterocycles. The highest BCUT2D eigenvalue weighted by molar-refractivity contribution is 7.99. The van der Waals surface area contributed by atoms with Crippen LogP contribution >= 0.6 is 11.8 Å². The quantitative estimate of drug-likeness (QED) is 0.638. The summed E-state index contributed by atoms with van der Waals surface area (Å²) in [6.45, 7) is 3.88. The van der Waals surface area contributed by atoms with Crippen LogP contribution in [-0.4, -0.2) is 9.97 Å². The molecule has 82 valence electrons. The van der Waals surface area contributed by atoms with Gasteiger partial charge in [0.25, 0.3) is 0 Å². The van der Waals surface area contributed by atoms with E-state index < -0.39 is 0 Å². The first-order chi connectivity index (χ1) is 7.63. The average molecular weight is 231 g/mol. The van der Waals surface area contributed by atoms with Crippen LogP contribution in [0.4, 0.5) is 5.69 Å². The third-order valence-electron chi connectivity index (χ3n) is 2.05. The zero-order valence-electron chi connectivity index (χ0n) is 9.27. The van der Waals surface area contributed by atoms with Crippen LogP contribution in [0.3, 0.4) is 0 Å². The molecule has 0 bridgehead atoms. The number of nitrogens with zero attached hydrogens (tertiary/aromatic N) is 2. The van der Waals surface area contributed by atoms with Crippen molar-refractivity contribution in [1.82, 2.24) is 9.97 Å². The number of hydrogen-bond donors (Lipinski definition) is 1. The van der Waals surface area contributed by atoms with E-state index in [-0.39, 0.29) is 0 Å². The SMILES string of the molecule is Cc1cc(Sc2ccc(N)cc2)nc(C)n1. The molecule has 0 saturated heterocycles. The fourth-order valence-corrected chi connectivity index (χ4v) is 2.31. The molecule has 1 aromatic heterocycles. The van der Waals surface area contributed by atoms with Gasteiger partial charge in [-0.1, -0.05) is 11.8 Å². The topological polar surface area (TPSA) is 51.8 Å². The van der Waals surface area contributed by atoms with Crippen molar-refractivity contribution in [2.75, 3.05) is 5.73 Å². The molecule has 0 spiro atoms. The number of anilines is 1. The molecule has 2 aromatic rings. The Labute approximate surface area is 99.1 Å². The van der Waals surface area contributed by atoms with Gasteiger partial charge in [-0.3, -0.25) is 0 Å². The Hall–Kier alpha value is -1.55. The zero-order valence-corrected chi connectivity index (χ0v) is 10.1. The fraction of sp³-hybridized carbons (Fsp3) is 0.167. The van der Waals surface area contributed by atoms with E-state index in [0.29, 0.717) is 0 Å². The molecular formula is C12H13N3S. The molecule has 16 heavy (non-hydrogen) atoms. The van der Waals surface area contributed by atoms with E-state index >= 15 is 0 Å². The molecule has 1 heterocycles. The first kappa shape index (κ1) is 11.0. The number of benzene rings is 1. The van der Waals surface area contributed by atoms with Gasteiger partial charge in [0.1, 0.15) is 10.9 Å². The summed E-state index contributed by atoms with van der Waals surface area (Å²) in [7, 11) is 0. The Morgan fingerprint density at radius 1 is 1.06 bits per heavy atom. The van der Waals surface area contributed by atoms with Crippen LogP contribution in [0.1, 0.15) is 11.5 Å². The summed E-state index contributed by atoms with van der Waals surface area (Å²) < 4.78 is 0. The number of rotatable bonds is 2. The first-order valence-corrected chi connectivity index (χ1v) is 5.81. The molecule has 3 nitrogen and oxygen atoms in total. The van der Waals surface area contributed by atoms with Crippen molar-refractivity contribution in [3.63, 3.8) is 0 Å². The number of nitrogen functional groups attached to an aromatic ring is 1. The van der Waals surface area contributed by atoms with Crippen molar-refractivity contribution in [3.8, 4) is 0 Å². The summed E-state index contributed by atoms with van der Waals surface area (Å²) in [6.07, 6.45) is 0. The third-order valence-corrected chi connectivity index (χ3v) is 2.97. The maximum absolute atomic E-state index is 5.63. The lowest BCUT2D eigenvalue weighted by Gasteiger charge is -2.03. The Bertz CT molecular complexity index is 474. The van der Waals surface area contributed by atoms with Gasteiger partial charge in [-0.2, -0.15) is 0 Å². The Balaban J connectivity index is 2.23. The minimum absolute atomic E-state index is 0.777. The number of aryl methyl sites for hydroxylation is 2. The van der Waals surface area contributed by atoms with Crippen LogP contribution < -0.4 is 5.73 Å². The Morgan fingerprint density at radius 2 is 1.75 bits per heavy atom. The summed E-state index contributed by atoms with van der Waals surface area (Å²) in [5, 5.41) is 0.967. The van der Waals surface area contributed by atoms with Gasteiger partial charge in [0.15, 0.2) is 0 Å². The largest absolute Gasteiger partial charge is 0.399 e. The van der Waals surface area contributed by atoms with Crippen molar-refractivity contribution in [2.24, 2.45) is 0 Å². The van der Waals surface area contributed by atoms with Crippen molar-refractivity contribution in [3.05, 3.63) is 41.9 Å². The highest BCUT2D eigenvalue weighted by Gasteiger charge is 2.01. The molecule has 2 rings (SSSR count). The van der Waals surface area contributed by atoms with Crippen molar-refractivity contribution >= 4 is 17.4 Å². The minimum Gasteiger partial charge on any atom is -0.399 e. The van der Waals surface area contributed by atoms with Crippen LogP contribution in [-0.2, 0) is 0 Å². The van der Waals surface area contributed by atoms with Gasteiger partial charge in [0, 0.05) is 16.3 Å². The maximum atomic E-state index is 5.63. The smallest absolute Gasteiger partial charge is 0.126 e. The third kappa shape index (κ3) is 2.73. The molecule has 0 radical (unpaired) electrons. The molecule has 1 aromatic carbocycles. The van der Waals surface area contributed by atoms with E-state index in [1.54, 1.807) is 11.8 Å². The molecule has 4 heteroatoms. The van der Waals surface area contributed by atoms with E-state index in [2.05, 4.69) is 9.97 Å². The average Bonchev–Trinajstić information content (AvgIpc) is 2.20. The van der Waals surface area contributed by atoms with Crippen molar-refractivity contribution < 1.29 is 0 Å². The van der Waals surface area contributed by atoms with Crippen LogP contribution in [0.5, 0.6) is 0 Å². The highest BCUT2D eigenvalue weighted by atomic mass is 32.2. The lowest BCUT2D eigenvalue weighted by Crippen LogP contribution is -1.92. The zero-order chi connectivity index (χ0) is 11.5. The summed E-state index contributed by atoms with van der Waals surface area (Å²) in [6, 6.07) is 9.75. The molecular weight excluding hydrogens is 218 g/mol. The maximum Gasteiger partial charge on any atom is 0.126 e. The van der Waals surface area contributed by atoms with E-state index in [0.717, 1.165) is 27.1 Å². The van der Waals surface area contributed by atoms with Gasteiger partial charge in [0.05, 0.1) is 0 Å². The van der Waals surface area contributed by atoms with Gasteiger partial charge in [0.2, 0.25) is 0 Å². The molecule has 0 amide bonds. The lowest BCUT2D eigenvalue weighted by molar-refractivity contribution is 0.936. The van der Waals surface area contributed by atoms with Crippen LogP contribution in [0, 0.1) is 13.8 Å². The standard InChI is InChI=1S/C12H13N3S/c1-8-7-12(15-9(2)14-8)16-11-5-3-10(13)4-6-11/h3-7H,13H2,1-2H3. The van der Waals surface area contributed by atoms with E-state index in [1.807, 2.05) is 44.2 Å². The second-order valence-electron chi connectivity index (χ2n) is 3.57. The van der Waals surface area contributed by atoms with E-state index in [4.69, 9.17) is 5.73 Å². The monoisotopic (exact) mass is 231 g/mol. The predicted molar refractivity (Wildman–Crippen MR) is 66.5 cm³/mol. The highest BCUT2D eigenvalue weighted by Crippen LogP contribution is 2.26. The van der Waals surface area contributed by atoms with E-state index in [9.17, 15) is 0 Å². The molecule has 0 aliphatic rings. The summed E-state index contributed by atoms with van der Waals surface area (Å²) in [5.41, 5.74) is 7.40. The molecule has 0 aliphatic carbocycles. The fourth-order valence-electron chi connectivity index (χ4n) is 1.39. The Kier molecular flexibility index (Phi) is 3.10. The van der Waals surface area contributed by atoms with E-state index in [1.165, 1.54) is 0 Å². The summed E-state index contributed by atoms with van der Waals surface area (Å²) in [5.74, 6) is 0.804. The Morgan fingerprint density at radius 3 is 2.38 bits per heavy atom. The number of hydrogen-bond acceptors (Lipinski definition) is 4. The summed E-state index contributed by atoms with van der Waals surface area (Å²) in [4.78, 5) is 9.75. The second kappa shape index (κ2) is 4.53. The van der Waals surface area contributed by atoms with Crippen molar-refractivity contribution in [1.29, 1.82) is 0 Å². The van der Waals surface area contributed by atoms with Crippen molar-refractivity contribution in [2.45, 2.75) is 23.8 Å². The second-order valence-corrected chi connectivity index (χ2v) is 4.66. The molecule has 0 fully saturated rings. The number of nitrogens with two attached hydrogens (primary N) is 1. The van der Waals surface area contributed by atoms with Crippen LogP contribution in [0.2, 0.25) is 0 Å². The minimum atomic E-state index is 0.777. The predicted octanol–water partition coefficient (Wildman–Crippen LogP) is 2.83. The van der Waals surface area contributed by atoms with Crippen LogP contribution in [0.15, 0.2) is 40.3 Å². The first-order valence-electron chi connectivity index (χ1n) is 4.99. The molecule has 0 unspecified atom stereocenters. The van der Waals surface area contributed by atoms with Crippen LogP contribution in [0.25, 0.3) is 0 Å². The normalized spacial score (nSPS) is 10.4. The van der Waals surface area contributed by atoms with Gasteiger partial charge in [-0.05, 0) is 44.2 Å².